The van der Waals surface area contributed by atoms with Crippen molar-refractivity contribution >= 4 is 22.9 Å². The minimum absolute atomic E-state index is 0.0176. The molecule has 0 spiro atoms. The number of fused-ring (bicyclic) bond motifs is 1. The molecular weight excluding hydrogens is 422 g/mol. The van der Waals surface area contributed by atoms with Crippen molar-refractivity contribution in [2.24, 2.45) is 5.73 Å². The Morgan fingerprint density at radius 2 is 2.12 bits per heavy atom. The smallest absolute Gasteiger partial charge is 0.257 e. The number of aromatic nitrogens is 2. The highest BCUT2D eigenvalue weighted by Gasteiger charge is 2.29. The summed E-state index contributed by atoms with van der Waals surface area (Å²) in [7, 11) is 0. The van der Waals surface area contributed by atoms with E-state index < -0.39 is 0 Å². The molecule has 1 amide bonds. The highest BCUT2D eigenvalue weighted by atomic mass is 16.5. The first-order valence-electron chi connectivity index (χ1n) is 11.3. The van der Waals surface area contributed by atoms with E-state index in [1.807, 2.05) is 48.5 Å². The lowest BCUT2D eigenvalue weighted by Gasteiger charge is -2.18. The quantitative estimate of drug-likeness (QED) is 0.328. The minimum Gasteiger partial charge on any atom is -0.484 e. The average molecular weight is 454 g/mol. The van der Waals surface area contributed by atoms with Crippen LogP contribution in [0.15, 0.2) is 48.5 Å². The second-order valence-corrected chi connectivity index (χ2v) is 8.05. The van der Waals surface area contributed by atoms with E-state index in [4.69, 9.17) is 20.2 Å². The summed E-state index contributed by atoms with van der Waals surface area (Å²) < 4.78 is 13.7. The third-order valence-corrected chi connectivity index (χ3v) is 5.59. The van der Waals surface area contributed by atoms with Gasteiger partial charge in [0.05, 0.1) is 23.7 Å². The van der Waals surface area contributed by atoms with Crippen LogP contribution in [0.25, 0.3) is 11.0 Å². The van der Waals surface area contributed by atoms with Crippen molar-refractivity contribution in [2.75, 3.05) is 31.6 Å². The number of hydrogen-bond donors (Lipinski definition) is 4. The van der Waals surface area contributed by atoms with Gasteiger partial charge in [-0.3, -0.25) is 9.36 Å². The maximum absolute atomic E-state index is 11.9. The van der Waals surface area contributed by atoms with Crippen LogP contribution in [-0.2, 0) is 16.1 Å². The molecule has 2 aromatic carbocycles. The summed E-state index contributed by atoms with van der Waals surface area (Å²) >= 11 is 0. The topological polar surface area (TPSA) is 124 Å². The molecule has 2 atom stereocenters. The van der Waals surface area contributed by atoms with E-state index in [1.165, 1.54) is 0 Å². The number of aliphatic hydroxyl groups excluding tert-OH is 1. The van der Waals surface area contributed by atoms with Crippen LogP contribution in [0.3, 0.4) is 0 Å². The van der Waals surface area contributed by atoms with Gasteiger partial charge in [-0.15, -0.1) is 0 Å². The van der Waals surface area contributed by atoms with Gasteiger partial charge in [-0.25, -0.2) is 4.98 Å². The fourth-order valence-corrected chi connectivity index (χ4v) is 3.93. The number of aliphatic hydroxyl groups is 1. The van der Waals surface area contributed by atoms with Crippen molar-refractivity contribution in [1.82, 2.24) is 14.9 Å². The highest BCUT2D eigenvalue weighted by molar-refractivity contribution is 5.79. The van der Waals surface area contributed by atoms with Gasteiger partial charge in [0.15, 0.2) is 6.61 Å². The highest BCUT2D eigenvalue weighted by Crippen LogP contribution is 2.34. The summed E-state index contributed by atoms with van der Waals surface area (Å²) in [5.74, 6) is 1.17. The summed E-state index contributed by atoms with van der Waals surface area (Å²) in [6.45, 7) is 1.59. The Labute approximate surface area is 192 Å². The lowest BCUT2D eigenvalue weighted by Crippen LogP contribution is -2.30. The third-order valence-electron chi connectivity index (χ3n) is 5.59. The van der Waals surface area contributed by atoms with Gasteiger partial charge >= 0.3 is 0 Å². The Morgan fingerprint density at radius 1 is 1.24 bits per heavy atom. The fourth-order valence-electron chi connectivity index (χ4n) is 3.93. The normalized spacial score (nSPS) is 17.9. The largest absolute Gasteiger partial charge is 0.484 e. The van der Waals surface area contributed by atoms with Gasteiger partial charge in [0.25, 0.3) is 5.91 Å². The number of hydrogen-bond acceptors (Lipinski definition) is 7. The second kappa shape index (κ2) is 11.1. The van der Waals surface area contributed by atoms with Crippen LogP contribution in [0.4, 0.5) is 5.95 Å². The summed E-state index contributed by atoms with van der Waals surface area (Å²) in [6, 6.07) is 15.6. The Bertz CT molecular complexity index is 1070. The van der Waals surface area contributed by atoms with Gasteiger partial charge in [0.2, 0.25) is 5.95 Å². The molecule has 33 heavy (non-hydrogen) atoms. The van der Waals surface area contributed by atoms with E-state index >= 15 is 0 Å². The van der Waals surface area contributed by atoms with E-state index in [9.17, 15) is 9.90 Å². The zero-order valence-corrected chi connectivity index (χ0v) is 18.6. The number of benzene rings is 2. The number of carbonyl (C=O) groups is 1. The van der Waals surface area contributed by atoms with Crippen molar-refractivity contribution in [1.29, 1.82) is 0 Å². The fraction of sp³-hybridized carbons (Fsp3) is 0.417. The number of para-hydroxylation sites is 2. The van der Waals surface area contributed by atoms with E-state index in [0.29, 0.717) is 31.3 Å². The van der Waals surface area contributed by atoms with Crippen LogP contribution >= 0.6 is 0 Å². The summed E-state index contributed by atoms with van der Waals surface area (Å²) in [6.07, 6.45) is 2.04. The Hall–Kier alpha value is -3.14. The van der Waals surface area contributed by atoms with E-state index in [0.717, 1.165) is 35.9 Å². The second-order valence-electron chi connectivity index (χ2n) is 8.05. The van der Waals surface area contributed by atoms with Gasteiger partial charge in [-0.05, 0) is 55.6 Å². The molecule has 1 aromatic heterocycles. The van der Waals surface area contributed by atoms with Crippen LogP contribution in [0, 0.1) is 0 Å². The number of carbonyl (C=O) groups excluding carboxylic acids is 1. The Kier molecular flexibility index (Phi) is 7.77. The van der Waals surface area contributed by atoms with Gasteiger partial charge in [-0.1, -0.05) is 24.3 Å². The summed E-state index contributed by atoms with van der Waals surface area (Å²) in [4.78, 5) is 16.6. The first kappa shape index (κ1) is 23.0. The molecule has 1 saturated heterocycles. The molecular formula is C24H31N5O4. The van der Waals surface area contributed by atoms with Crippen molar-refractivity contribution in [3.8, 4) is 5.75 Å². The molecule has 1 aliphatic rings. The molecule has 0 bridgehead atoms. The van der Waals surface area contributed by atoms with Gasteiger partial charge < -0.3 is 30.9 Å². The molecule has 5 N–H and O–H groups in total. The number of ether oxygens (including phenoxy) is 2. The van der Waals surface area contributed by atoms with Crippen molar-refractivity contribution in [3.05, 3.63) is 54.1 Å². The predicted octanol–water partition coefficient (Wildman–Crippen LogP) is 2.16. The monoisotopic (exact) mass is 453 g/mol. The zero-order valence-electron chi connectivity index (χ0n) is 18.6. The van der Waals surface area contributed by atoms with E-state index in [2.05, 4.69) is 15.2 Å². The minimum atomic E-state index is -0.176. The number of imidazole rings is 1. The SMILES string of the molecule is NCCCNC(=O)COc1cccc(CNc2nc3ccccc3n2[C@H]2CC[C@@H](CO)O2)c1. The average Bonchev–Trinajstić information content (AvgIpc) is 3.46. The Morgan fingerprint density at radius 3 is 2.94 bits per heavy atom. The van der Waals surface area contributed by atoms with Gasteiger partial charge in [-0.2, -0.15) is 0 Å². The molecule has 2 heterocycles. The Balaban J connectivity index is 1.42. The number of nitrogens with zero attached hydrogens (tertiary/aromatic N) is 2. The molecule has 4 rings (SSSR count). The number of nitrogens with two attached hydrogens (primary N) is 1. The first-order valence-corrected chi connectivity index (χ1v) is 11.3. The van der Waals surface area contributed by atoms with Crippen molar-refractivity contribution in [3.63, 3.8) is 0 Å². The first-order chi connectivity index (χ1) is 16.2. The molecule has 0 radical (unpaired) electrons. The lowest BCUT2D eigenvalue weighted by atomic mass is 10.2. The lowest BCUT2D eigenvalue weighted by molar-refractivity contribution is -0.123. The van der Waals surface area contributed by atoms with E-state index in [1.54, 1.807) is 0 Å². The van der Waals surface area contributed by atoms with Crippen molar-refractivity contribution < 1.29 is 19.4 Å². The molecule has 0 unspecified atom stereocenters. The zero-order chi connectivity index (χ0) is 23.0. The number of anilines is 1. The maximum Gasteiger partial charge on any atom is 0.257 e. The maximum atomic E-state index is 11.9. The van der Waals surface area contributed by atoms with Crippen LogP contribution in [-0.4, -0.2) is 53.0 Å². The summed E-state index contributed by atoms with van der Waals surface area (Å²) in [5, 5.41) is 15.7. The number of rotatable bonds is 11. The van der Waals surface area contributed by atoms with Crippen LogP contribution in [0.5, 0.6) is 5.75 Å². The van der Waals surface area contributed by atoms with Gasteiger partial charge in [0, 0.05) is 13.1 Å². The van der Waals surface area contributed by atoms with Crippen LogP contribution in [0.1, 0.15) is 31.1 Å². The molecule has 1 aliphatic heterocycles. The molecule has 1 fully saturated rings. The van der Waals surface area contributed by atoms with Gasteiger partial charge in [0.1, 0.15) is 12.0 Å². The predicted molar refractivity (Wildman–Crippen MR) is 126 cm³/mol. The molecule has 176 valence electrons. The number of amides is 1. The van der Waals surface area contributed by atoms with Crippen LogP contribution in [0.2, 0.25) is 0 Å². The molecule has 9 heteroatoms. The molecule has 9 nitrogen and oxygen atoms in total. The van der Waals surface area contributed by atoms with Crippen LogP contribution < -0.4 is 21.1 Å². The van der Waals surface area contributed by atoms with E-state index in [-0.39, 0.29) is 31.5 Å². The molecule has 0 aliphatic carbocycles. The molecule has 0 saturated carbocycles. The number of nitrogens with one attached hydrogen (secondary N) is 2. The third kappa shape index (κ3) is 5.81. The molecule has 3 aromatic rings. The van der Waals surface area contributed by atoms with Crippen molar-refractivity contribution in [2.45, 2.75) is 38.1 Å². The summed E-state index contributed by atoms with van der Waals surface area (Å²) in [5.41, 5.74) is 8.30. The standard InChI is InChI=1S/C24H31N5O4/c25-11-4-12-26-22(31)16-32-18-6-3-5-17(13-18)14-27-24-28-20-7-1-2-8-21(20)29(24)23-10-9-19(15-30)33-23/h1-3,5-8,13,19,23,30H,4,9-12,14-16,25H2,(H,26,31)(H,27,28)/t19-,23+/m0/s1.